The number of para-hydroxylation sites is 1. The SMILES string of the molecule is Cn1c(=O)c2c(nc(CN3CCN(c4ccccc4)CC3)n2Cc2cccc(Cl)c2)n(C)c1=O. The topological polar surface area (TPSA) is 68.3 Å². The fourth-order valence-corrected chi connectivity index (χ4v) is 4.82. The molecule has 2 aromatic heterocycles. The molecule has 1 aliphatic rings. The Morgan fingerprint density at radius 2 is 1.62 bits per heavy atom. The third-order valence-corrected chi connectivity index (χ3v) is 6.75. The van der Waals surface area contributed by atoms with E-state index in [2.05, 4.69) is 34.1 Å². The van der Waals surface area contributed by atoms with E-state index < -0.39 is 0 Å². The van der Waals surface area contributed by atoms with Crippen LogP contribution in [0.4, 0.5) is 5.69 Å². The summed E-state index contributed by atoms with van der Waals surface area (Å²) in [6.45, 7) is 4.63. The highest BCUT2D eigenvalue weighted by atomic mass is 35.5. The standard InChI is InChI=1S/C25H27ClN6O2/c1-28-23-22(24(33)29(2)25(28)34)32(16-18-7-6-8-19(26)15-18)21(27-23)17-30-11-13-31(14-12-30)20-9-4-3-5-10-20/h3-10,15H,11-14,16-17H2,1-2H3. The number of hydrogen-bond acceptors (Lipinski definition) is 5. The Hall–Kier alpha value is -3.36. The van der Waals surface area contributed by atoms with E-state index in [1.807, 2.05) is 34.9 Å². The van der Waals surface area contributed by atoms with Crippen LogP contribution in [0.3, 0.4) is 0 Å². The molecule has 1 fully saturated rings. The molecule has 176 valence electrons. The largest absolute Gasteiger partial charge is 0.369 e. The first-order valence-electron chi connectivity index (χ1n) is 11.3. The van der Waals surface area contributed by atoms with E-state index in [1.54, 1.807) is 7.05 Å². The molecule has 34 heavy (non-hydrogen) atoms. The average Bonchev–Trinajstić information content (AvgIpc) is 3.20. The molecule has 0 amide bonds. The fourth-order valence-electron chi connectivity index (χ4n) is 4.60. The molecule has 5 rings (SSSR count). The Morgan fingerprint density at radius 3 is 2.32 bits per heavy atom. The van der Waals surface area contributed by atoms with Gasteiger partial charge in [-0.2, -0.15) is 0 Å². The molecule has 9 heteroatoms. The van der Waals surface area contributed by atoms with E-state index in [1.165, 1.54) is 17.3 Å². The molecule has 8 nitrogen and oxygen atoms in total. The van der Waals surface area contributed by atoms with Gasteiger partial charge in [0, 0.05) is 57.5 Å². The van der Waals surface area contributed by atoms with Crippen molar-refractivity contribution in [2.24, 2.45) is 14.1 Å². The van der Waals surface area contributed by atoms with Crippen molar-refractivity contribution in [2.75, 3.05) is 31.1 Å². The molecule has 0 radical (unpaired) electrons. The van der Waals surface area contributed by atoms with Gasteiger partial charge >= 0.3 is 5.69 Å². The smallest absolute Gasteiger partial charge is 0.332 e. The van der Waals surface area contributed by atoms with Crippen molar-refractivity contribution in [1.29, 1.82) is 0 Å². The van der Waals surface area contributed by atoms with Crippen LogP contribution in [0, 0.1) is 0 Å². The van der Waals surface area contributed by atoms with Crippen molar-refractivity contribution in [2.45, 2.75) is 13.1 Å². The summed E-state index contributed by atoms with van der Waals surface area (Å²) in [4.78, 5) is 35.2. The number of aromatic nitrogens is 4. The summed E-state index contributed by atoms with van der Waals surface area (Å²) < 4.78 is 4.52. The van der Waals surface area contributed by atoms with Crippen molar-refractivity contribution in [3.05, 3.63) is 91.8 Å². The molecule has 4 aromatic rings. The number of hydrogen-bond donors (Lipinski definition) is 0. The van der Waals surface area contributed by atoms with Crippen molar-refractivity contribution in [3.63, 3.8) is 0 Å². The van der Waals surface area contributed by atoms with Crippen molar-refractivity contribution in [1.82, 2.24) is 23.6 Å². The van der Waals surface area contributed by atoms with Gasteiger partial charge in [0.15, 0.2) is 11.2 Å². The Balaban J connectivity index is 1.49. The van der Waals surface area contributed by atoms with Crippen LogP contribution in [0.1, 0.15) is 11.4 Å². The summed E-state index contributed by atoms with van der Waals surface area (Å²) in [5, 5.41) is 0.640. The number of piperazine rings is 1. The number of nitrogens with zero attached hydrogens (tertiary/aromatic N) is 6. The molecular weight excluding hydrogens is 452 g/mol. The van der Waals surface area contributed by atoms with Crippen molar-refractivity contribution < 1.29 is 0 Å². The van der Waals surface area contributed by atoms with Crippen LogP contribution in [0.25, 0.3) is 11.2 Å². The first kappa shape index (κ1) is 22.4. The van der Waals surface area contributed by atoms with Crippen molar-refractivity contribution in [3.8, 4) is 0 Å². The summed E-state index contributed by atoms with van der Waals surface area (Å²) >= 11 is 6.22. The van der Waals surface area contributed by atoms with Gasteiger partial charge in [-0.1, -0.05) is 41.9 Å². The van der Waals surface area contributed by atoms with E-state index in [4.69, 9.17) is 16.6 Å². The van der Waals surface area contributed by atoms with Crippen LogP contribution in [-0.2, 0) is 27.2 Å². The summed E-state index contributed by atoms with van der Waals surface area (Å²) in [6, 6.07) is 18.0. The van der Waals surface area contributed by atoms with E-state index in [0.29, 0.717) is 29.3 Å². The molecule has 0 N–H and O–H groups in total. The molecule has 0 unspecified atom stereocenters. The minimum absolute atomic E-state index is 0.340. The van der Waals surface area contributed by atoms with Crippen LogP contribution in [0.15, 0.2) is 64.2 Å². The number of halogens is 1. The maximum Gasteiger partial charge on any atom is 0.332 e. The summed E-state index contributed by atoms with van der Waals surface area (Å²) in [7, 11) is 3.16. The lowest BCUT2D eigenvalue weighted by Gasteiger charge is -2.36. The molecular formula is C25H27ClN6O2. The van der Waals surface area contributed by atoms with Gasteiger partial charge in [-0.25, -0.2) is 9.78 Å². The Labute approximate surface area is 202 Å². The Kier molecular flexibility index (Phi) is 6.02. The van der Waals surface area contributed by atoms with Crippen LogP contribution in [-0.4, -0.2) is 49.8 Å². The van der Waals surface area contributed by atoms with Gasteiger partial charge in [0.25, 0.3) is 5.56 Å². The zero-order valence-electron chi connectivity index (χ0n) is 19.3. The predicted octanol–water partition coefficient (Wildman–Crippen LogP) is 2.46. The highest BCUT2D eigenvalue weighted by molar-refractivity contribution is 6.30. The predicted molar refractivity (Wildman–Crippen MR) is 135 cm³/mol. The maximum atomic E-state index is 13.1. The monoisotopic (exact) mass is 478 g/mol. The second-order valence-electron chi connectivity index (χ2n) is 8.72. The highest BCUT2D eigenvalue weighted by Gasteiger charge is 2.23. The fraction of sp³-hybridized carbons (Fsp3) is 0.320. The van der Waals surface area contributed by atoms with Gasteiger partial charge in [0.1, 0.15) is 5.82 Å². The van der Waals surface area contributed by atoms with Gasteiger partial charge < -0.3 is 9.47 Å². The quantitative estimate of drug-likeness (QED) is 0.441. The van der Waals surface area contributed by atoms with Gasteiger partial charge in [0.05, 0.1) is 6.54 Å². The molecule has 1 aliphatic heterocycles. The van der Waals surface area contributed by atoms with Crippen molar-refractivity contribution >= 4 is 28.5 Å². The maximum absolute atomic E-state index is 13.1. The first-order chi connectivity index (χ1) is 16.4. The number of anilines is 1. The molecule has 0 atom stereocenters. The Bertz CT molecular complexity index is 1450. The molecule has 0 saturated carbocycles. The van der Waals surface area contributed by atoms with E-state index in [0.717, 1.165) is 42.1 Å². The van der Waals surface area contributed by atoms with Crippen LogP contribution >= 0.6 is 11.6 Å². The van der Waals surface area contributed by atoms with Gasteiger partial charge in [0.2, 0.25) is 0 Å². The number of fused-ring (bicyclic) bond motifs is 1. The normalized spacial score (nSPS) is 14.7. The third-order valence-electron chi connectivity index (χ3n) is 6.52. The molecule has 0 aliphatic carbocycles. The van der Waals surface area contributed by atoms with E-state index in [-0.39, 0.29) is 11.2 Å². The van der Waals surface area contributed by atoms with Crippen LogP contribution in [0.2, 0.25) is 5.02 Å². The minimum atomic E-state index is -0.382. The molecule has 2 aromatic carbocycles. The first-order valence-corrected chi connectivity index (χ1v) is 11.7. The molecule has 3 heterocycles. The van der Waals surface area contributed by atoms with E-state index in [9.17, 15) is 9.59 Å². The van der Waals surface area contributed by atoms with Crippen LogP contribution < -0.4 is 16.1 Å². The zero-order chi connectivity index (χ0) is 23.8. The van der Waals surface area contributed by atoms with Crippen LogP contribution in [0.5, 0.6) is 0 Å². The average molecular weight is 479 g/mol. The number of benzene rings is 2. The van der Waals surface area contributed by atoms with E-state index >= 15 is 0 Å². The van der Waals surface area contributed by atoms with Gasteiger partial charge in [-0.15, -0.1) is 0 Å². The summed E-state index contributed by atoms with van der Waals surface area (Å²) in [5.74, 6) is 0.765. The number of imidazole rings is 1. The van der Waals surface area contributed by atoms with Gasteiger partial charge in [-0.3, -0.25) is 18.8 Å². The Morgan fingerprint density at radius 1 is 0.882 bits per heavy atom. The summed E-state index contributed by atoms with van der Waals surface area (Å²) in [5.41, 5.74) is 2.32. The molecule has 1 saturated heterocycles. The minimum Gasteiger partial charge on any atom is -0.369 e. The third kappa shape index (κ3) is 4.15. The lowest BCUT2D eigenvalue weighted by Crippen LogP contribution is -2.46. The van der Waals surface area contributed by atoms with Gasteiger partial charge in [-0.05, 0) is 29.8 Å². The lowest BCUT2D eigenvalue weighted by atomic mass is 10.2. The second-order valence-corrected chi connectivity index (χ2v) is 9.16. The number of rotatable bonds is 5. The summed E-state index contributed by atoms with van der Waals surface area (Å²) in [6.07, 6.45) is 0. The molecule has 0 spiro atoms. The molecule has 0 bridgehead atoms. The number of aryl methyl sites for hydroxylation is 1. The zero-order valence-corrected chi connectivity index (χ0v) is 20.1. The second kappa shape index (κ2) is 9.12. The lowest BCUT2D eigenvalue weighted by molar-refractivity contribution is 0.241. The highest BCUT2D eigenvalue weighted by Crippen LogP contribution is 2.20.